The summed E-state index contributed by atoms with van der Waals surface area (Å²) in [6.45, 7) is 0.736. The Bertz CT molecular complexity index is 1840. The van der Waals surface area contributed by atoms with Crippen LogP contribution in [0.1, 0.15) is 23.1 Å². The maximum absolute atomic E-state index is 14.1. The quantitative estimate of drug-likeness (QED) is 0.278. The van der Waals surface area contributed by atoms with Crippen LogP contribution >= 0.6 is 0 Å². The van der Waals surface area contributed by atoms with Crippen LogP contribution in [0.3, 0.4) is 0 Å². The zero-order valence-electron chi connectivity index (χ0n) is 25.0. The van der Waals surface area contributed by atoms with Gasteiger partial charge in [0, 0.05) is 18.0 Å². The van der Waals surface area contributed by atoms with Gasteiger partial charge in [0.15, 0.2) is 11.4 Å². The number of rotatable bonds is 5. The summed E-state index contributed by atoms with van der Waals surface area (Å²) in [6, 6.07) is 14.2. The highest BCUT2D eigenvalue weighted by Crippen LogP contribution is 2.54. The molecule has 10 heteroatoms. The molecule has 4 atom stereocenters. The smallest absolute Gasteiger partial charge is 0.255 e. The second kappa shape index (κ2) is 10.3. The van der Waals surface area contributed by atoms with Gasteiger partial charge in [-0.25, -0.2) is 0 Å². The Hall–Kier alpha value is -4.51. The Morgan fingerprint density at radius 3 is 2.25 bits per heavy atom. The second-order valence-corrected chi connectivity index (χ2v) is 12.5. The number of aromatic hydroxyl groups is 1. The van der Waals surface area contributed by atoms with Gasteiger partial charge < -0.3 is 31.1 Å². The van der Waals surface area contributed by atoms with Crippen molar-refractivity contribution in [2.75, 3.05) is 28.2 Å². The number of fused-ring (bicyclic) bond motifs is 4. The molecule has 3 aromatic carbocycles. The predicted octanol–water partition coefficient (Wildman–Crippen LogP) is 2.85. The number of carbonyl (C=O) groups is 3. The number of phenolic OH excluding ortho intramolecular Hbond substituents is 1. The lowest BCUT2D eigenvalue weighted by molar-refractivity contribution is -0.153. The van der Waals surface area contributed by atoms with Gasteiger partial charge in [-0.3, -0.25) is 19.3 Å². The molecular weight excluding hydrogens is 562 g/mol. The van der Waals surface area contributed by atoms with Crippen LogP contribution in [0.25, 0.3) is 27.7 Å². The molecule has 6 rings (SSSR count). The van der Waals surface area contributed by atoms with Gasteiger partial charge in [0.05, 0.1) is 11.6 Å². The number of ketones is 2. The average molecular weight is 598 g/mol. The summed E-state index contributed by atoms with van der Waals surface area (Å²) in [5.74, 6) is -6.71. The number of benzene rings is 3. The molecule has 1 saturated carbocycles. The lowest BCUT2D eigenvalue weighted by Crippen LogP contribution is -2.65. The third-order valence-electron chi connectivity index (χ3n) is 9.40. The maximum Gasteiger partial charge on any atom is 0.255 e. The average Bonchev–Trinajstić information content (AvgIpc) is 2.95. The summed E-state index contributed by atoms with van der Waals surface area (Å²) >= 11 is 0. The van der Waals surface area contributed by atoms with Gasteiger partial charge in [-0.2, -0.15) is 0 Å². The largest absolute Gasteiger partial charge is 0.508 e. The minimum absolute atomic E-state index is 0.0311. The van der Waals surface area contributed by atoms with E-state index in [9.17, 15) is 34.8 Å². The molecule has 3 aliphatic rings. The number of nitrogens with zero attached hydrogens (tertiary/aromatic N) is 2. The van der Waals surface area contributed by atoms with E-state index in [1.165, 1.54) is 11.0 Å². The molecule has 0 unspecified atom stereocenters. The summed E-state index contributed by atoms with van der Waals surface area (Å²) < 4.78 is 0. The van der Waals surface area contributed by atoms with Gasteiger partial charge in [0.2, 0.25) is 5.78 Å². The number of Topliss-reactive ketones (excluding diaryl/α,β-unsaturated/α-hetero) is 2. The van der Waals surface area contributed by atoms with Gasteiger partial charge in [-0.1, -0.05) is 42.5 Å². The third kappa shape index (κ3) is 4.09. The van der Waals surface area contributed by atoms with E-state index in [4.69, 9.17) is 5.73 Å². The van der Waals surface area contributed by atoms with Crippen molar-refractivity contribution in [2.45, 2.75) is 31.0 Å². The van der Waals surface area contributed by atoms with Gasteiger partial charge in [-0.05, 0) is 86.0 Å². The lowest BCUT2D eigenvalue weighted by atomic mass is 9.57. The normalized spacial score (nSPS) is 25.0. The molecule has 10 nitrogen and oxygen atoms in total. The Labute approximate surface area is 254 Å². The number of carbonyl (C=O) groups excluding carboxylic acids is 3. The van der Waals surface area contributed by atoms with Crippen molar-refractivity contribution in [3.63, 3.8) is 0 Å². The molecule has 0 bridgehead atoms. The lowest BCUT2D eigenvalue weighted by Gasteiger charge is -2.50. The van der Waals surface area contributed by atoms with Crippen LogP contribution in [0.15, 0.2) is 65.4 Å². The molecule has 0 saturated heterocycles. The Balaban J connectivity index is 1.56. The van der Waals surface area contributed by atoms with E-state index in [-0.39, 0.29) is 29.7 Å². The zero-order valence-corrected chi connectivity index (χ0v) is 25.0. The maximum atomic E-state index is 14.1. The van der Waals surface area contributed by atoms with E-state index in [0.29, 0.717) is 5.56 Å². The molecule has 3 aliphatic carbocycles. The number of hydrogen-bond donors (Lipinski definition) is 5. The van der Waals surface area contributed by atoms with Gasteiger partial charge in [0.1, 0.15) is 22.8 Å². The van der Waals surface area contributed by atoms with Crippen LogP contribution in [0, 0.1) is 11.8 Å². The van der Waals surface area contributed by atoms with Crippen molar-refractivity contribution < 1.29 is 34.8 Å². The monoisotopic (exact) mass is 597 g/mol. The minimum atomic E-state index is -2.67. The van der Waals surface area contributed by atoms with E-state index in [1.54, 1.807) is 20.2 Å². The first-order valence-electron chi connectivity index (χ1n) is 14.4. The number of hydrogen-bond acceptors (Lipinski definition) is 9. The van der Waals surface area contributed by atoms with Gasteiger partial charge >= 0.3 is 0 Å². The highest BCUT2D eigenvalue weighted by molar-refractivity contribution is 6.24. The van der Waals surface area contributed by atoms with Crippen LogP contribution in [-0.4, -0.2) is 87.5 Å². The number of likely N-dealkylation sites (N-methyl/N-ethyl adjacent to an activating group) is 1. The van der Waals surface area contributed by atoms with Crippen molar-refractivity contribution in [3.8, 4) is 16.9 Å². The van der Waals surface area contributed by atoms with Gasteiger partial charge in [0.25, 0.3) is 5.91 Å². The summed E-state index contributed by atoms with van der Waals surface area (Å²) in [5.41, 5.74) is 5.23. The fourth-order valence-corrected chi connectivity index (χ4v) is 7.57. The van der Waals surface area contributed by atoms with E-state index >= 15 is 0 Å². The molecule has 1 fully saturated rings. The van der Waals surface area contributed by atoms with E-state index in [1.807, 2.05) is 38.4 Å². The Morgan fingerprint density at radius 2 is 1.61 bits per heavy atom. The molecular formula is C34H35N3O7. The Morgan fingerprint density at radius 1 is 0.955 bits per heavy atom. The number of phenols is 1. The molecule has 0 radical (unpaired) electrons. The molecule has 0 heterocycles. The fourth-order valence-electron chi connectivity index (χ4n) is 7.57. The molecule has 0 aromatic heterocycles. The predicted molar refractivity (Wildman–Crippen MR) is 165 cm³/mol. The number of nitrogens with two attached hydrogens (primary N) is 1. The summed E-state index contributed by atoms with van der Waals surface area (Å²) in [4.78, 5) is 43.3. The second-order valence-electron chi connectivity index (χ2n) is 12.5. The molecule has 228 valence electrons. The molecule has 3 aromatic rings. The third-order valence-corrected chi connectivity index (χ3v) is 9.40. The first kappa shape index (κ1) is 29.6. The van der Waals surface area contributed by atoms with Crippen LogP contribution in [0.4, 0.5) is 0 Å². The van der Waals surface area contributed by atoms with Crippen LogP contribution in [0.5, 0.6) is 5.75 Å². The van der Waals surface area contributed by atoms with E-state index in [0.717, 1.165) is 34.0 Å². The first-order chi connectivity index (χ1) is 20.8. The molecule has 44 heavy (non-hydrogen) atoms. The standard InChI is InChI=1S/C34H35N3O7/c1-36(2)15-16-9-10-20(19-8-6-5-7-18(16)19)21-11-12-24(38)26-22(21)13-17-14-23-28(37(3)4)30(40)27(33(35)43)32(42)34(23,44)31(41)25(17)29(26)39/h5-12,17,23,28,38-39,42,44H,13-15H2,1-4H3,(H2,35,43)/t17-,23-,28-,34-/m1/s1. The zero-order chi connectivity index (χ0) is 31.8. The van der Waals surface area contributed by atoms with Crippen molar-refractivity contribution >= 4 is 34.0 Å². The molecule has 1 amide bonds. The number of aliphatic hydroxyl groups excluding tert-OH is 2. The van der Waals surface area contributed by atoms with Crippen molar-refractivity contribution in [1.82, 2.24) is 9.80 Å². The van der Waals surface area contributed by atoms with E-state index in [2.05, 4.69) is 17.0 Å². The number of aliphatic hydroxyl groups is 3. The highest BCUT2D eigenvalue weighted by atomic mass is 16.3. The van der Waals surface area contributed by atoms with Crippen LogP contribution in [0.2, 0.25) is 0 Å². The van der Waals surface area contributed by atoms with Crippen LogP contribution < -0.4 is 5.73 Å². The van der Waals surface area contributed by atoms with Crippen molar-refractivity contribution in [2.24, 2.45) is 17.6 Å². The van der Waals surface area contributed by atoms with E-state index < -0.39 is 58.0 Å². The number of amides is 1. The topological polar surface area (TPSA) is 165 Å². The van der Waals surface area contributed by atoms with Crippen molar-refractivity contribution in [3.05, 3.63) is 82.1 Å². The molecule has 0 spiro atoms. The molecule has 0 aliphatic heterocycles. The first-order valence-corrected chi connectivity index (χ1v) is 14.4. The summed E-state index contributed by atoms with van der Waals surface area (Å²) in [5, 5.41) is 47.6. The minimum Gasteiger partial charge on any atom is -0.508 e. The Kier molecular flexibility index (Phi) is 6.92. The van der Waals surface area contributed by atoms with Gasteiger partial charge in [-0.15, -0.1) is 0 Å². The van der Waals surface area contributed by atoms with Crippen LogP contribution in [-0.2, 0) is 27.3 Å². The summed E-state index contributed by atoms with van der Waals surface area (Å²) in [7, 11) is 7.16. The summed E-state index contributed by atoms with van der Waals surface area (Å²) in [6.07, 6.45) is 0.245. The van der Waals surface area contributed by atoms with Crippen molar-refractivity contribution in [1.29, 1.82) is 0 Å². The number of primary amides is 1. The highest BCUT2D eigenvalue weighted by Gasteiger charge is 2.64. The molecule has 6 N–H and O–H groups in total. The fraction of sp³-hybridized carbons (Fsp3) is 0.324. The SMILES string of the molecule is CN(C)Cc1ccc(-c2ccc(O)c3c2C[C@@H]2C[C@@H]4[C@@H](N(C)C)C(=O)C(C(N)=O)=C(O)[C@]4(O)C(=O)C2=C3O)c2ccccc12.